The molecule has 0 spiro atoms. The predicted octanol–water partition coefficient (Wildman–Crippen LogP) is 7.18. The molecule has 0 amide bonds. The fourth-order valence-corrected chi connectivity index (χ4v) is 7.04. The lowest BCUT2D eigenvalue weighted by atomic mass is 10.1. The number of fused-ring (bicyclic) bond motifs is 2. The highest BCUT2D eigenvalue weighted by Gasteiger charge is 2.44. The summed E-state index contributed by atoms with van der Waals surface area (Å²) in [7, 11) is -0.387. The van der Waals surface area contributed by atoms with Crippen LogP contribution in [0.2, 0.25) is 18.1 Å². The molecule has 4 aromatic rings. The number of carbonyl (C=O) groups excluding carboxylic acids is 1. The molecule has 1 saturated carbocycles. The van der Waals surface area contributed by atoms with Gasteiger partial charge in [0.15, 0.2) is 8.32 Å². The molecule has 3 atom stereocenters. The van der Waals surface area contributed by atoms with Crippen molar-refractivity contribution < 1.29 is 23.8 Å². The molecule has 1 aromatic carbocycles. The molecule has 10 heteroatoms. The minimum absolute atomic E-state index is 0.00988. The molecule has 3 unspecified atom stereocenters. The molecule has 0 radical (unpaired) electrons. The molecule has 226 valence electrons. The molecule has 1 aliphatic carbocycles. The summed E-state index contributed by atoms with van der Waals surface area (Å²) in [5.41, 5.74) is 2.09. The average Bonchev–Trinajstić information content (AvgIpc) is 3.60. The van der Waals surface area contributed by atoms with Gasteiger partial charge in [0, 0.05) is 35.5 Å². The summed E-state index contributed by atoms with van der Waals surface area (Å²) in [5, 5.41) is 12.0. The molecule has 0 aliphatic heterocycles. The van der Waals surface area contributed by atoms with Gasteiger partial charge in [-0.05, 0) is 82.1 Å². The Bertz CT molecular complexity index is 1610. The van der Waals surface area contributed by atoms with Gasteiger partial charge < -0.3 is 23.6 Å². The second-order valence-corrected chi connectivity index (χ2v) is 18.7. The van der Waals surface area contributed by atoms with Crippen molar-refractivity contribution in [1.82, 2.24) is 19.1 Å². The van der Waals surface area contributed by atoms with Crippen molar-refractivity contribution >= 4 is 36.3 Å². The number of aliphatic hydroxyl groups is 1. The summed E-state index contributed by atoms with van der Waals surface area (Å²) < 4.78 is 21.8. The zero-order valence-electron chi connectivity index (χ0n) is 26.3. The van der Waals surface area contributed by atoms with E-state index >= 15 is 0 Å². The summed E-state index contributed by atoms with van der Waals surface area (Å²) in [6.07, 6.45) is 4.71. The summed E-state index contributed by atoms with van der Waals surface area (Å²) in [5.74, 6) is 0.760. The highest BCUT2D eigenvalue weighted by Crippen LogP contribution is 2.44. The molecule has 9 nitrogen and oxygen atoms in total. The summed E-state index contributed by atoms with van der Waals surface area (Å²) in [6, 6.07) is 9.68. The van der Waals surface area contributed by atoms with Gasteiger partial charge in [-0.25, -0.2) is 19.3 Å². The Kier molecular flexibility index (Phi) is 7.78. The van der Waals surface area contributed by atoms with E-state index in [2.05, 4.69) is 48.4 Å². The number of hydrogen-bond acceptors (Lipinski definition) is 7. The van der Waals surface area contributed by atoms with E-state index in [9.17, 15) is 9.90 Å². The molecule has 0 bridgehead atoms. The number of benzene rings is 1. The van der Waals surface area contributed by atoms with Crippen LogP contribution < -0.4 is 4.74 Å². The van der Waals surface area contributed by atoms with Gasteiger partial charge in [0.25, 0.3) is 0 Å². The van der Waals surface area contributed by atoms with Crippen LogP contribution in [0.25, 0.3) is 33.3 Å². The van der Waals surface area contributed by atoms with E-state index in [-0.39, 0.29) is 29.7 Å². The van der Waals surface area contributed by atoms with Gasteiger partial charge in [-0.3, -0.25) is 0 Å². The molecule has 1 fully saturated rings. The molecule has 3 heterocycles. The van der Waals surface area contributed by atoms with Crippen molar-refractivity contribution in [3.63, 3.8) is 0 Å². The largest absolute Gasteiger partial charge is 0.497 e. The van der Waals surface area contributed by atoms with Crippen molar-refractivity contribution in [2.75, 3.05) is 13.7 Å². The SMILES string of the molecule is COc1ccc2c(c1)cc(-c1ncnc3c1ccn3C1CC(CO)C(O[Si](C)(C)C(C)(C)C)C1)n2C(=O)OC(C)(C)C. The highest BCUT2D eigenvalue weighted by molar-refractivity contribution is 6.74. The van der Waals surface area contributed by atoms with E-state index in [0.29, 0.717) is 22.7 Å². The normalized spacial score (nSPS) is 20.0. The first kappa shape index (κ1) is 30.3. The lowest BCUT2D eigenvalue weighted by molar-refractivity contribution is 0.0547. The van der Waals surface area contributed by atoms with Crippen LogP contribution in [-0.2, 0) is 9.16 Å². The monoisotopic (exact) mass is 592 g/mol. The second-order valence-electron chi connectivity index (χ2n) is 13.9. The molecule has 42 heavy (non-hydrogen) atoms. The Labute approximate surface area is 248 Å². The number of rotatable bonds is 6. The van der Waals surface area contributed by atoms with E-state index in [1.54, 1.807) is 18.0 Å². The number of aromatic nitrogens is 4. The number of aliphatic hydroxyl groups excluding tert-OH is 1. The first-order valence-electron chi connectivity index (χ1n) is 14.7. The van der Waals surface area contributed by atoms with Crippen molar-refractivity contribution in [1.29, 1.82) is 0 Å². The first-order valence-corrected chi connectivity index (χ1v) is 17.6. The van der Waals surface area contributed by atoms with Gasteiger partial charge in [0.1, 0.15) is 29.0 Å². The third kappa shape index (κ3) is 5.59. The Morgan fingerprint density at radius 1 is 1.07 bits per heavy atom. The van der Waals surface area contributed by atoms with E-state index in [0.717, 1.165) is 29.3 Å². The molecular formula is C32H44N4O5Si. The second kappa shape index (κ2) is 10.8. The minimum Gasteiger partial charge on any atom is -0.497 e. The number of ether oxygens (including phenoxy) is 2. The molecular weight excluding hydrogens is 548 g/mol. The average molecular weight is 593 g/mol. The van der Waals surface area contributed by atoms with Crippen LogP contribution in [0, 0.1) is 5.92 Å². The molecule has 0 saturated heterocycles. The smallest absolute Gasteiger partial charge is 0.419 e. The maximum atomic E-state index is 13.6. The van der Waals surface area contributed by atoms with Crippen LogP contribution in [0.3, 0.4) is 0 Å². The number of nitrogens with zero attached hydrogens (tertiary/aromatic N) is 4. The van der Waals surface area contributed by atoms with Gasteiger partial charge >= 0.3 is 6.09 Å². The summed E-state index contributed by atoms with van der Waals surface area (Å²) in [4.78, 5) is 22.9. The predicted molar refractivity (Wildman–Crippen MR) is 168 cm³/mol. The molecule has 1 aliphatic rings. The van der Waals surface area contributed by atoms with Crippen LogP contribution >= 0.6 is 0 Å². The third-order valence-electron chi connectivity index (χ3n) is 8.82. The zero-order chi connectivity index (χ0) is 30.6. The van der Waals surface area contributed by atoms with Gasteiger partial charge in [0.05, 0.1) is 24.4 Å². The van der Waals surface area contributed by atoms with E-state index in [4.69, 9.17) is 13.9 Å². The Balaban J connectivity index is 1.56. The van der Waals surface area contributed by atoms with Crippen LogP contribution in [0.4, 0.5) is 4.79 Å². The quantitative estimate of drug-likeness (QED) is 0.237. The van der Waals surface area contributed by atoms with E-state index < -0.39 is 20.0 Å². The summed E-state index contributed by atoms with van der Waals surface area (Å²) in [6.45, 7) is 16.9. The maximum absolute atomic E-state index is 13.6. The van der Waals surface area contributed by atoms with Gasteiger partial charge in [0.2, 0.25) is 0 Å². The van der Waals surface area contributed by atoms with Gasteiger partial charge in [-0.15, -0.1) is 0 Å². The fourth-order valence-electron chi connectivity index (χ4n) is 5.65. The number of methoxy groups -OCH3 is 1. The number of hydrogen-bond donors (Lipinski definition) is 1. The Morgan fingerprint density at radius 3 is 2.45 bits per heavy atom. The molecule has 1 N–H and O–H groups in total. The lowest BCUT2D eigenvalue weighted by Gasteiger charge is -2.39. The summed E-state index contributed by atoms with van der Waals surface area (Å²) >= 11 is 0. The Hall–Kier alpha value is -3.21. The third-order valence-corrected chi connectivity index (χ3v) is 13.3. The zero-order valence-corrected chi connectivity index (χ0v) is 27.3. The van der Waals surface area contributed by atoms with Crippen molar-refractivity contribution in [3.8, 4) is 17.1 Å². The van der Waals surface area contributed by atoms with Crippen LogP contribution in [0.1, 0.15) is 60.4 Å². The van der Waals surface area contributed by atoms with Crippen LogP contribution in [0.5, 0.6) is 5.75 Å². The molecule has 3 aromatic heterocycles. The minimum atomic E-state index is -2.01. The Morgan fingerprint density at radius 2 is 1.81 bits per heavy atom. The lowest BCUT2D eigenvalue weighted by Crippen LogP contribution is -2.45. The van der Waals surface area contributed by atoms with E-state index in [1.165, 1.54) is 0 Å². The van der Waals surface area contributed by atoms with Crippen LogP contribution in [0.15, 0.2) is 42.9 Å². The standard InChI is InChI=1S/C32H44N4O5Si/c1-31(2,3)40-30(38)36-25-11-10-23(39-7)15-20(25)16-26(36)28-24-12-13-35(29(24)34-19-33-28)22-14-21(18-37)27(17-22)41-42(8,9)32(4,5)6/h10-13,15-16,19,21-22,27,37H,14,17-18H2,1-9H3. The van der Waals surface area contributed by atoms with Crippen molar-refractivity contribution in [3.05, 3.63) is 42.9 Å². The van der Waals surface area contributed by atoms with Crippen molar-refractivity contribution in [2.24, 2.45) is 5.92 Å². The number of carbonyl (C=O) groups is 1. The first-order chi connectivity index (χ1) is 19.6. The van der Waals surface area contributed by atoms with Crippen molar-refractivity contribution in [2.45, 2.75) is 90.3 Å². The maximum Gasteiger partial charge on any atom is 0.419 e. The highest BCUT2D eigenvalue weighted by atomic mass is 28.4. The van der Waals surface area contributed by atoms with E-state index in [1.807, 2.05) is 57.3 Å². The van der Waals surface area contributed by atoms with Crippen LogP contribution in [-0.4, -0.2) is 64.0 Å². The van der Waals surface area contributed by atoms with Gasteiger partial charge in [-0.2, -0.15) is 0 Å². The molecule has 5 rings (SSSR count). The fraction of sp³-hybridized carbons (Fsp3) is 0.531. The topological polar surface area (TPSA) is 101 Å². The van der Waals surface area contributed by atoms with Gasteiger partial charge in [-0.1, -0.05) is 20.8 Å².